The number of hydrogen-bond acceptors (Lipinski definition) is 2. The Bertz CT molecular complexity index is 617. The van der Waals surface area contributed by atoms with Crippen LogP contribution in [0.15, 0.2) is 59.1 Å². The minimum absolute atomic E-state index is 0.0557. The molecule has 0 radical (unpaired) electrons. The second-order valence-corrected chi connectivity index (χ2v) is 6.06. The quantitative estimate of drug-likeness (QED) is 0.706. The van der Waals surface area contributed by atoms with Gasteiger partial charge in [-0.15, -0.1) is 0 Å². The van der Waals surface area contributed by atoms with Crippen molar-refractivity contribution in [3.63, 3.8) is 0 Å². The molecule has 2 rings (SSSR count). The van der Waals surface area contributed by atoms with Crippen LogP contribution < -0.4 is 0 Å². The molecule has 0 amide bonds. The van der Waals surface area contributed by atoms with Crippen LogP contribution in [0.5, 0.6) is 0 Å². The van der Waals surface area contributed by atoms with Crippen LogP contribution in [0.1, 0.15) is 41.6 Å². The number of Topliss-reactive ketones (excluding diaryl/α,β-unsaturated/α-hetero) is 2. The highest BCUT2D eigenvalue weighted by atomic mass is 79.9. The zero-order chi connectivity index (χ0) is 15.2. The van der Waals surface area contributed by atoms with Crippen LogP contribution in [0.3, 0.4) is 0 Å². The molecule has 2 aromatic carbocycles. The molecule has 2 nitrogen and oxygen atoms in total. The molecular formula is C18H17BrO2. The molecule has 0 bridgehead atoms. The Hall–Kier alpha value is -1.74. The van der Waals surface area contributed by atoms with E-state index in [1.54, 1.807) is 6.92 Å². The van der Waals surface area contributed by atoms with Gasteiger partial charge in [-0.25, -0.2) is 0 Å². The van der Waals surface area contributed by atoms with Crippen molar-refractivity contribution in [1.82, 2.24) is 0 Å². The molecule has 108 valence electrons. The SMILES string of the molecule is CC(=O)C[C@@H](CC(=O)c1ccc(Br)cc1)c1ccccc1. The van der Waals surface area contributed by atoms with Crippen LogP contribution >= 0.6 is 15.9 Å². The molecule has 1 atom stereocenters. The van der Waals surface area contributed by atoms with E-state index in [9.17, 15) is 9.59 Å². The highest BCUT2D eigenvalue weighted by Crippen LogP contribution is 2.26. The summed E-state index contributed by atoms with van der Waals surface area (Å²) in [6, 6.07) is 17.1. The molecule has 0 unspecified atom stereocenters. The summed E-state index contributed by atoms with van der Waals surface area (Å²) in [5.41, 5.74) is 1.72. The normalized spacial score (nSPS) is 11.9. The van der Waals surface area contributed by atoms with Gasteiger partial charge in [-0.3, -0.25) is 4.79 Å². The summed E-state index contributed by atoms with van der Waals surface area (Å²) in [4.78, 5) is 23.9. The molecule has 0 heterocycles. The van der Waals surface area contributed by atoms with Gasteiger partial charge in [0.15, 0.2) is 5.78 Å². The van der Waals surface area contributed by atoms with Crippen molar-refractivity contribution in [2.24, 2.45) is 0 Å². The number of carbonyl (C=O) groups excluding carboxylic acids is 2. The topological polar surface area (TPSA) is 34.1 Å². The summed E-state index contributed by atoms with van der Waals surface area (Å²) in [6.45, 7) is 1.57. The molecule has 0 N–H and O–H groups in total. The fraction of sp³-hybridized carbons (Fsp3) is 0.222. The lowest BCUT2D eigenvalue weighted by atomic mass is 9.88. The van der Waals surface area contributed by atoms with E-state index in [0.717, 1.165) is 10.0 Å². The molecule has 21 heavy (non-hydrogen) atoms. The maximum absolute atomic E-state index is 12.4. The van der Waals surface area contributed by atoms with Crippen molar-refractivity contribution < 1.29 is 9.59 Å². The van der Waals surface area contributed by atoms with Crippen LogP contribution in [0.2, 0.25) is 0 Å². The standard InChI is InChI=1S/C18H17BrO2/c1-13(20)11-16(14-5-3-2-4-6-14)12-18(21)15-7-9-17(19)10-8-15/h2-10,16H,11-12H2,1H3/t16-/m0/s1. The zero-order valence-corrected chi connectivity index (χ0v) is 13.5. The first-order valence-electron chi connectivity index (χ1n) is 6.89. The Kier molecular flexibility index (Phi) is 5.45. The van der Waals surface area contributed by atoms with Gasteiger partial charge in [0.1, 0.15) is 5.78 Å². The Morgan fingerprint density at radius 2 is 1.57 bits per heavy atom. The first-order valence-corrected chi connectivity index (χ1v) is 7.68. The van der Waals surface area contributed by atoms with Crippen molar-refractivity contribution in [2.45, 2.75) is 25.7 Å². The lowest BCUT2D eigenvalue weighted by Crippen LogP contribution is -2.11. The molecule has 0 aromatic heterocycles. The number of ketones is 2. The Balaban J connectivity index is 2.17. The van der Waals surface area contributed by atoms with Crippen LogP contribution in [0.4, 0.5) is 0 Å². The lowest BCUT2D eigenvalue weighted by Gasteiger charge is -2.15. The van der Waals surface area contributed by atoms with E-state index in [0.29, 0.717) is 18.4 Å². The lowest BCUT2D eigenvalue weighted by molar-refractivity contribution is -0.117. The smallest absolute Gasteiger partial charge is 0.163 e. The number of rotatable bonds is 6. The highest BCUT2D eigenvalue weighted by Gasteiger charge is 2.18. The fourth-order valence-corrected chi connectivity index (χ4v) is 2.62. The second kappa shape index (κ2) is 7.32. The van der Waals surface area contributed by atoms with E-state index < -0.39 is 0 Å². The average molecular weight is 345 g/mol. The minimum Gasteiger partial charge on any atom is -0.300 e. The van der Waals surface area contributed by atoms with Gasteiger partial charge in [0.25, 0.3) is 0 Å². The first-order chi connectivity index (χ1) is 10.1. The van der Waals surface area contributed by atoms with E-state index in [4.69, 9.17) is 0 Å². The van der Waals surface area contributed by atoms with E-state index in [-0.39, 0.29) is 17.5 Å². The van der Waals surface area contributed by atoms with Gasteiger partial charge in [0, 0.05) is 22.9 Å². The third-order valence-corrected chi connectivity index (χ3v) is 3.93. The minimum atomic E-state index is -0.0557. The second-order valence-electron chi connectivity index (χ2n) is 5.15. The molecule has 0 saturated heterocycles. The van der Waals surface area contributed by atoms with Crippen molar-refractivity contribution in [3.05, 3.63) is 70.2 Å². The summed E-state index contributed by atoms with van der Waals surface area (Å²) in [6.07, 6.45) is 0.748. The van der Waals surface area contributed by atoms with Gasteiger partial charge in [-0.05, 0) is 30.5 Å². The van der Waals surface area contributed by atoms with Crippen molar-refractivity contribution in [3.8, 4) is 0 Å². The van der Waals surface area contributed by atoms with E-state index in [1.165, 1.54) is 0 Å². The van der Waals surface area contributed by atoms with E-state index in [1.807, 2.05) is 54.6 Å². The molecule has 3 heteroatoms. The molecule has 0 saturated carbocycles. The van der Waals surface area contributed by atoms with E-state index in [2.05, 4.69) is 15.9 Å². The highest BCUT2D eigenvalue weighted by molar-refractivity contribution is 9.10. The van der Waals surface area contributed by atoms with Gasteiger partial charge in [-0.2, -0.15) is 0 Å². The molecule has 0 aliphatic heterocycles. The third-order valence-electron chi connectivity index (χ3n) is 3.40. The monoisotopic (exact) mass is 344 g/mol. The van der Waals surface area contributed by atoms with Gasteiger partial charge >= 0.3 is 0 Å². The molecule has 0 fully saturated rings. The van der Waals surface area contributed by atoms with Crippen LogP contribution in [-0.4, -0.2) is 11.6 Å². The zero-order valence-electron chi connectivity index (χ0n) is 11.9. The number of hydrogen-bond donors (Lipinski definition) is 0. The van der Waals surface area contributed by atoms with E-state index >= 15 is 0 Å². The summed E-state index contributed by atoms with van der Waals surface area (Å²) >= 11 is 3.36. The molecule has 0 aliphatic carbocycles. The molecule has 0 spiro atoms. The first kappa shape index (κ1) is 15.6. The molecule has 2 aromatic rings. The van der Waals surface area contributed by atoms with Crippen LogP contribution in [0, 0.1) is 0 Å². The Morgan fingerprint density at radius 1 is 0.952 bits per heavy atom. The largest absolute Gasteiger partial charge is 0.300 e. The summed E-state index contributed by atoms with van der Waals surface area (Å²) in [7, 11) is 0. The van der Waals surface area contributed by atoms with Gasteiger partial charge in [-0.1, -0.05) is 58.4 Å². The maximum Gasteiger partial charge on any atom is 0.163 e. The van der Waals surface area contributed by atoms with Crippen molar-refractivity contribution >= 4 is 27.5 Å². The van der Waals surface area contributed by atoms with Crippen molar-refractivity contribution in [1.29, 1.82) is 0 Å². The number of halogens is 1. The molecular weight excluding hydrogens is 328 g/mol. The predicted octanol–water partition coefficient (Wildman–Crippen LogP) is 4.78. The third kappa shape index (κ3) is 4.64. The van der Waals surface area contributed by atoms with Gasteiger partial charge in [0.05, 0.1) is 0 Å². The average Bonchev–Trinajstić information content (AvgIpc) is 2.47. The summed E-state index contributed by atoms with van der Waals surface area (Å²) in [5, 5.41) is 0. The Labute approximate surface area is 133 Å². The van der Waals surface area contributed by atoms with Crippen LogP contribution in [-0.2, 0) is 4.79 Å². The Morgan fingerprint density at radius 3 is 2.14 bits per heavy atom. The van der Waals surface area contributed by atoms with Gasteiger partial charge in [0.2, 0.25) is 0 Å². The summed E-state index contributed by atoms with van der Waals surface area (Å²) < 4.78 is 0.947. The van der Waals surface area contributed by atoms with Gasteiger partial charge < -0.3 is 4.79 Å². The fourth-order valence-electron chi connectivity index (χ4n) is 2.36. The maximum atomic E-state index is 12.4. The van der Waals surface area contributed by atoms with Crippen molar-refractivity contribution in [2.75, 3.05) is 0 Å². The van der Waals surface area contributed by atoms with Crippen LogP contribution in [0.25, 0.3) is 0 Å². The number of benzene rings is 2. The summed E-state index contributed by atoms with van der Waals surface area (Å²) in [5.74, 6) is 0.116. The number of carbonyl (C=O) groups is 2. The molecule has 0 aliphatic rings. The predicted molar refractivity (Wildman–Crippen MR) is 87.6 cm³/mol.